The number of nitrogens with one attached hydrogen (secondary N) is 2. The summed E-state index contributed by atoms with van der Waals surface area (Å²) in [5.74, 6) is 0.667. The molecule has 0 saturated carbocycles. The van der Waals surface area contributed by atoms with Gasteiger partial charge in [0.25, 0.3) is 10.0 Å². The number of para-hydroxylation sites is 1. The maximum atomic E-state index is 13.2. The van der Waals surface area contributed by atoms with Crippen LogP contribution in [0.2, 0.25) is 0 Å². The van der Waals surface area contributed by atoms with E-state index < -0.39 is 10.0 Å². The van der Waals surface area contributed by atoms with Crippen LogP contribution in [0, 0.1) is 0 Å². The van der Waals surface area contributed by atoms with Crippen LogP contribution in [0.5, 0.6) is 5.75 Å². The quantitative estimate of drug-likeness (QED) is 0.583. The monoisotopic (exact) mass is 459 g/mol. The summed E-state index contributed by atoms with van der Waals surface area (Å²) in [7, 11) is -2.18. The molecule has 8 heteroatoms. The van der Waals surface area contributed by atoms with Crippen molar-refractivity contribution in [3.05, 3.63) is 72.8 Å². The first kappa shape index (κ1) is 22.9. The van der Waals surface area contributed by atoms with E-state index >= 15 is 0 Å². The van der Waals surface area contributed by atoms with Gasteiger partial charge in [-0.1, -0.05) is 48.5 Å². The van der Waals surface area contributed by atoms with Gasteiger partial charge in [0, 0.05) is 31.7 Å². The van der Waals surface area contributed by atoms with Crippen molar-refractivity contribution in [2.24, 2.45) is 0 Å². The Kier molecular flexibility index (Phi) is 7.43. The molecule has 1 aliphatic heterocycles. The molecule has 0 radical (unpaired) electrons. The zero-order valence-corrected chi connectivity index (χ0v) is 18.9. The average Bonchev–Trinajstić information content (AvgIpc) is 2.80. The number of halogens is 1. The third-order valence-electron chi connectivity index (χ3n) is 5.17. The predicted molar refractivity (Wildman–Crippen MR) is 128 cm³/mol. The van der Waals surface area contributed by atoms with Crippen molar-refractivity contribution in [1.82, 2.24) is 5.32 Å². The van der Waals surface area contributed by atoms with Crippen molar-refractivity contribution in [3.63, 3.8) is 0 Å². The number of hydrogen-bond donors (Lipinski definition) is 2. The number of benzene rings is 3. The van der Waals surface area contributed by atoms with E-state index in [1.165, 1.54) is 0 Å². The van der Waals surface area contributed by atoms with Crippen molar-refractivity contribution in [1.29, 1.82) is 0 Å². The molecule has 0 amide bonds. The Balaban J connectivity index is 0.00000272. The van der Waals surface area contributed by atoms with Crippen molar-refractivity contribution < 1.29 is 13.2 Å². The Labute approximate surface area is 189 Å². The fourth-order valence-corrected chi connectivity index (χ4v) is 4.73. The number of nitrogens with zero attached hydrogens (tertiary/aromatic N) is 1. The number of piperazine rings is 1. The fourth-order valence-electron chi connectivity index (χ4n) is 3.64. The molecule has 1 saturated heterocycles. The molecule has 31 heavy (non-hydrogen) atoms. The smallest absolute Gasteiger partial charge is 0.261 e. The second-order valence-corrected chi connectivity index (χ2v) is 8.77. The standard InChI is InChI=1S/C23H25N3O3S.ClH/c1-29-23-12-11-19(17-22(23)26-15-13-24-14-16-26)30(27,28)25-21-10-6-5-9-20(21)18-7-3-2-4-8-18;/h2-12,17,24-25H,13-16H2,1H3;1H. The van der Waals surface area contributed by atoms with Gasteiger partial charge in [0.1, 0.15) is 5.75 Å². The minimum absolute atomic E-state index is 0. The summed E-state index contributed by atoms with van der Waals surface area (Å²) in [6.07, 6.45) is 0. The average molecular weight is 460 g/mol. The predicted octanol–water partition coefficient (Wildman–Crippen LogP) is 3.99. The first-order chi connectivity index (χ1) is 14.6. The Morgan fingerprint density at radius 1 is 0.935 bits per heavy atom. The molecule has 0 atom stereocenters. The molecule has 1 fully saturated rings. The Morgan fingerprint density at radius 3 is 2.32 bits per heavy atom. The summed E-state index contributed by atoms with van der Waals surface area (Å²) in [4.78, 5) is 2.35. The van der Waals surface area contributed by atoms with Crippen LogP contribution in [0.3, 0.4) is 0 Å². The van der Waals surface area contributed by atoms with E-state index in [-0.39, 0.29) is 17.3 Å². The summed E-state index contributed by atoms with van der Waals surface area (Å²) in [6.45, 7) is 3.29. The molecule has 0 aliphatic carbocycles. The van der Waals surface area contributed by atoms with E-state index in [1.54, 1.807) is 31.4 Å². The van der Waals surface area contributed by atoms with E-state index in [2.05, 4.69) is 14.9 Å². The molecule has 164 valence electrons. The van der Waals surface area contributed by atoms with Gasteiger partial charge in [0.2, 0.25) is 0 Å². The number of anilines is 2. The van der Waals surface area contributed by atoms with E-state index in [0.29, 0.717) is 11.4 Å². The third kappa shape index (κ3) is 5.12. The normalized spacial score (nSPS) is 13.9. The molecule has 0 bridgehead atoms. The molecular formula is C23H26ClN3O3S. The van der Waals surface area contributed by atoms with Gasteiger partial charge in [-0.25, -0.2) is 8.42 Å². The van der Waals surface area contributed by atoms with Gasteiger partial charge in [0.15, 0.2) is 0 Å². The molecule has 3 aromatic rings. The summed E-state index contributed by atoms with van der Waals surface area (Å²) in [5, 5.41) is 3.31. The summed E-state index contributed by atoms with van der Waals surface area (Å²) >= 11 is 0. The molecule has 4 rings (SSSR count). The van der Waals surface area contributed by atoms with Gasteiger partial charge in [-0.15, -0.1) is 12.4 Å². The first-order valence-electron chi connectivity index (χ1n) is 9.89. The third-order valence-corrected chi connectivity index (χ3v) is 6.54. The van der Waals surface area contributed by atoms with E-state index in [4.69, 9.17) is 4.74 Å². The number of hydrogen-bond acceptors (Lipinski definition) is 5. The van der Waals surface area contributed by atoms with Crippen molar-refractivity contribution in [2.75, 3.05) is 42.9 Å². The topological polar surface area (TPSA) is 70.7 Å². The Bertz CT molecular complexity index is 1120. The van der Waals surface area contributed by atoms with Crippen LogP contribution in [0.25, 0.3) is 11.1 Å². The van der Waals surface area contributed by atoms with Crippen molar-refractivity contribution in [3.8, 4) is 16.9 Å². The first-order valence-corrected chi connectivity index (χ1v) is 11.4. The highest BCUT2D eigenvalue weighted by Crippen LogP contribution is 2.33. The zero-order chi connectivity index (χ0) is 21.0. The second kappa shape index (κ2) is 10.0. The number of sulfonamides is 1. The molecule has 0 spiro atoms. The number of methoxy groups -OCH3 is 1. The van der Waals surface area contributed by atoms with Gasteiger partial charge in [-0.2, -0.15) is 0 Å². The lowest BCUT2D eigenvalue weighted by Gasteiger charge is -2.30. The van der Waals surface area contributed by atoms with Gasteiger partial charge in [-0.3, -0.25) is 4.72 Å². The summed E-state index contributed by atoms with van der Waals surface area (Å²) in [6, 6.07) is 22.1. The van der Waals surface area contributed by atoms with Crippen LogP contribution in [-0.4, -0.2) is 41.7 Å². The van der Waals surface area contributed by atoms with E-state index in [9.17, 15) is 8.42 Å². The van der Waals surface area contributed by atoms with Crippen LogP contribution in [0.1, 0.15) is 0 Å². The van der Waals surface area contributed by atoms with Gasteiger partial charge < -0.3 is 15.0 Å². The van der Waals surface area contributed by atoms with Crippen LogP contribution in [0.4, 0.5) is 11.4 Å². The van der Waals surface area contributed by atoms with Crippen LogP contribution in [0.15, 0.2) is 77.7 Å². The highest BCUT2D eigenvalue weighted by atomic mass is 35.5. The molecule has 3 aromatic carbocycles. The molecular weight excluding hydrogens is 434 g/mol. The van der Waals surface area contributed by atoms with Crippen molar-refractivity contribution >= 4 is 33.8 Å². The molecule has 1 aliphatic rings. The highest BCUT2D eigenvalue weighted by molar-refractivity contribution is 7.92. The highest BCUT2D eigenvalue weighted by Gasteiger charge is 2.21. The van der Waals surface area contributed by atoms with Gasteiger partial charge in [0.05, 0.1) is 23.4 Å². The lowest BCUT2D eigenvalue weighted by Crippen LogP contribution is -2.43. The largest absolute Gasteiger partial charge is 0.495 e. The second-order valence-electron chi connectivity index (χ2n) is 7.09. The summed E-state index contributed by atoms with van der Waals surface area (Å²) in [5.41, 5.74) is 3.12. The molecule has 0 unspecified atom stereocenters. The maximum absolute atomic E-state index is 13.2. The van der Waals surface area contributed by atoms with Crippen molar-refractivity contribution in [2.45, 2.75) is 4.90 Å². The van der Waals surface area contributed by atoms with E-state index in [0.717, 1.165) is 43.0 Å². The van der Waals surface area contributed by atoms with Crippen LogP contribution < -0.4 is 19.7 Å². The minimum atomic E-state index is -3.78. The Morgan fingerprint density at radius 2 is 1.61 bits per heavy atom. The zero-order valence-electron chi connectivity index (χ0n) is 17.2. The fraction of sp³-hybridized carbons (Fsp3) is 0.217. The number of rotatable bonds is 6. The lowest BCUT2D eigenvalue weighted by atomic mass is 10.0. The SMILES string of the molecule is COc1ccc(S(=O)(=O)Nc2ccccc2-c2ccccc2)cc1N1CCNCC1.Cl. The molecule has 0 aromatic heterocycles. The van der Waals surface area contributed by atoms with Gasteiger partial charge in [-0.05, 0) is 29.8 Å². The maximum Gasteiger partial charge on any atom is 0.261 e. The van der Waals surface area contributed by atoms with Gasteiger partial charge >= 0.3 is 0 Å². The number of ether oxygens (including phenoxy) is 1. The van der Waals surface area contributed by atoms with E-state index in [1.807, 2.05) is 48.5 Å². The summed E-state index contributed by atoms with van der Waals surface area (Å²) < 4.78 is 34.7. The minimum Gasteiger partial charge on any atom is -0.495 e. The Hall–Kier alpha value is -2.74. The molecule has 1 heterocycles. The lowest BCUT2D eigenvalue weighted by molar-refractivity contribution is 0.412. The van der Waals surface area contributed by atoms with Crippen LogP contribution >= 0.6 is 12.4 Å². The molecule has 6 nitrogen and oxygen atoms in total. The van der Waals surface area contributed by atoms with Crippen LogP contribution in [-0.2, 0) is 10.0 Å². The molecule has 2 N–H and O–H groups in total.